The Hall–Kier alpha value is -2.58. The second-order valence-electron chi connectivity index (χ2n) is 7.67. The minimum atomic E-state index is -1.18. The summed E-state index contributed by atoms with van der Waals surface area (Å²) in [5, 5.41) is 12.3. The molecule has 1 fully saturated rings. The van der Waals surface area contributed by atoms with Crippen LogP contribution in [0.4, 0.5) is 5.69 Å². The Morgan fingerprint density at radius 2 is 1.91 bits per heavy atom. The normalized spacial score (nSPS) is 15.4. The molecule has 3 aromatic rings. The van der Waals surface area contributed by atoms with Crippen LogP contribution in [0.2, 0.25) is 5.02 Å². The molecule has 1 aromatic heterocycles. The molecule has 7 nitrogen and oxygen atoms in total. The van der Waals surface area contributed by atoms with Crippen molar-refractivity contribution in [3.63, 3.8) is 0 Å². The molecule has 0 radical (unpaired) electrons. The third-order valence-electron chi connectivity index (χ3n) is 5.51. The van der Waals surface area contributed by atoms with Crippen molar-refractivity contribution in [2.24, 2.45) is 5.92 Å². The van der Waals surface area contributed by atoms with E-state index in [1.807, 2.05) is 24.3 Å². The first-order valence-corrected chi connectivity index (χ1v) is 10.6. The number of benzene rings is 2. The molecule has 2 N–H and O–H groups in total. The predicted molar refractivity (Wildman–Crippen MR) is 127 cm³/mol. The van der Waals surface area contributed by atoms with Crippen molar-refractivity contribution < 1.29 is 23.9 Å². The summed E-state index contributed by atoms with van der Waals surface area (Å²) >= 11 is 5.88. The summed E-state index contributed by atoms with van der Waals surface area (Å²) in [6, 6.07) is 13.4. The number of nitrogens with one attached hydrogen (secondary N) is 1. The molecule has 9 heteroatoms. The van der Waals surface area contributed by atoms with Gasteiger partial charge in [-0.05, 0) is 54.8 Å². The molecule has 1 saturated heterocycles. The fourth-order valence-corrected chi connectivity index (χ4v) is 4.03. The predicted octanol–water partition coefficient (Wildman–Crippen LogP) is 4.14. The molecule has 1 aliphatic rings. The van der Waals surface area contributed by atoms with Crippen LogP contribution < -0.4 is 5.32 Å². The molecule has 0 spiro atoms. The van der Waals surface area contributed by atoms with Gasteiger partial charge in [0.15, 0.2) is 0 Å². The van der Waals surface area contributed by atoms with Gasteiger partial charge in [-0.3, -0.25) is 9.59 Å². The number of nitrogens with zero attached hydrogens (tertiary/aromatic N) is 1. The second-order valence-corrected chi connectivity index (χ2v) is 8.10. The molecular weight excluding hydrogens is 455 g/mol. The van der Waals surface area contributed by atoms with Gasteiger partial charge in [-0.1, -0.05) is 23.7 Å². The van der Waals surface area contributed by atoms with Crippen LogP contribution in [0.5, 0.6) is 0 Å². The number of likely N-dealkylation sites (tertiary alicyclic amines) is 1. The third kappa shape index (κ3) is 5.86. The number of carbonyl (C=O) groups excluding carboxylic acids is 2. The first-order chi connectivity index (χ1) is 15.4. The Morgan fingerprint density at radius 3 is 2.64 bits per heavy atom. The number of furan rings is 1. The van der Waals surface area contributed by atoms with Gasteiger partial charge in [0.2, 0.25) is 5.91 Å². The average Bonchev–Trinajstić information content (AvgIpc) is 3.35. The van der Waals surface area contributed by atoms with Crippen LogP contribution in [0, 0.1) is 5.92 Å². The zero-order chi connectivity index (χ0) is 22.7. The molecular formula is C24H22ClN2NaO5. The topological polar surface area (TPSA) is 99.9 Å². The van der Waals surface area contributed by atoms with Crippen LogP contribution in [0.25, 0.3) is 11.1 Å². The van der Waals surface area contributed by atoms with Gasteiger partial charge < -0.3 is 19.7 Å². The van der Waals surface area contributed by atoms with Gasteiger partial charge in [-0.2, -0.15) is 0 Å². The van der Waals surface area contributed by atoms with Crippen LogP contribution in [0.15, 0.2) is 65.5 Å². The Labute approximate surface area is 218 Å². The average molecular weight is 477 g/mol. The van der Waals surface area contributed by atoms with Crippen molar-refractivity contribution >= 4 is 64.6 Å². The number of hydrogen-bond acceptors (Lipinski definition) is 4. The molecule has 2 heterocycles. The molecule has 0 aliphatic carbocycles. The summed E-state index contributed by atoms with van der Waals surface area (Å²) in [4.78, 5) is 39.1. The fourth-order valence-electron chi connectivity index (χ4n) is 3.86. The van der Waals surface area contributed by atoms with E-state index < -0.39 is 11.9 Å². The van der Waals surface area contributed by atoms with E-state index in [1.54, 1.807) is 23.5 Å². The second kappa shape index (κ2) is 11.0. The zero-order valence-electron chi connectivity index (χ0n) is 17.1. The van der Waals surface area contributed by atoms with Crippen molar-refractivity contribution in [3.8, 4) is 11.1 Å². The number of anilines is 1. The number of amides is 2. The van der Waals surface area contributed by atoms with Gasteiger partial charge >= 0.3 is 35.5 Å². The van der Waals surface area contributed by atoms with Gasteiger partial charge in [0.1, 0.15) is 0 Å². The van der Waals surface area contributed by atoms with E-state index >= 15 is 0 Å². The number of piperidine rings is 1. The Balaban J connectivity index is 0.00000306. The van der Waals surface area contributed by atoms with E-state index in [2.05, 4.69) is 5.32 Å². The van der Waals surface area contributed by atoms with Crippen molar-refractivity contribution in [2.75, 3.05) is 18.4 Å². The molecule has 1 aliphatic heterocycles. The van der Waals surface area contributed by atoms with Crippen molar-refractivity contribution in [2.45, 2.75) is 12.8 Å². The van der Waals surface area contributed by atoms with E-state index in [1.165, 1.54) is 18.2 Å². The van der Waals surface area contributed by atoms with E-state index in [-0.39, 0.29) is 64.2 Å². The minimum absolute atomic E-state index is 0. The molecule has 4 rings (SSSR count). The van der Waals surface area contributed by atoms with Crippen molar-refractivity contribution in [1.29, 1.82) is 0 Å². The van der Waals surface area contributed by atoms with Crippen LogP contribution in [0.1, 0.15) is 33.6 Å². The number of carbonyl (C=O) groups is 3. The first kappa shape index (κ1) is 25.1. The number of rotatable bonds is 5. The zero-order valence-corrected chi connectivity index (χ0v) is 17.8. The van der Waals surface area contributed by atoms with E-state index in [0.29, 0.717) is 24.9 Å². The van der Waals surface area contributed by atoms with Gasteiger partial charge in [-0.25, -0.2) is 4.79 Å². The van der Waals surface area contributed by atoms with Gasteiger partial charge in [0.25, 0.3) is 5.91 Å². The summed E-state index contributed by atoms with van der Waals surface area (Å²) in [7, 11) is 0. The number of carboxylic acid groups (broad SMARTS) is 1. The fraction of sp³-hybridized carbons (Fsp3) is 0.208. The molecule has 0 bridgehead atoms. The SMILES string of the molecule is O=C(O)c1cc(Cl)ccc1NC(=O)C1CCCN(C(=O)c2cccc(-c3ccoc3)c2)C1.[NaH]. The van der Waals surface area contributed by atoms with Crippen LogP contribution in [-0.2, 0) is 4.79 Å². The van der Waals surface area contributed by atoms with Crippen LogP contribution in [-0.4, -0.2) is 70.4 Å². The summed E-state index contributed by atoms with van der Waals surface area (Å²) in [5.74, 6) is -2.09. The summed E-state index contributed by atoms with van der Waals surface area (Å²) in [6.07, 6.45) is 4.49. The molecule has 166 valence electrons. The van der Waals surface area contributed by atoms with Crippen molar-refractivity contribution in [3.05, 3.63) is 77.2 Å². The van der Waals surface area contributed by atoms with E-state index in [9.17, 15) is 19.5 Å². The number of carboxylic acids is 1. The van der Waals surface area contributed by atoms with Crippen LogP contribution >= 0.6 is 11.6 Å². The molecule has 1 unspecified atom stereocenters. The summed E-state index contributed by atoms with van der Waals surface area (Å²) in [5.41, 5.74) is 2.40. The molecule has 0 saturated carbocycles. The number of aromatic carboxylic acids is 1. The summed E-state index contributed by atoms with van der Waals surface area (Å²) in [6.45, 7) is 0.816. The molecule has 2 aromatic carbocycles. The Kier molecular flexibility index (Phi) is 8.37. The van der Waals surface area contributed by atoms with Gasteiger partial charge in [0.05, 0.1) is 29.7 Å². The maximum absolute atomic E-state index is 13.1. The standard InChI is InChI=1S/C24H21ClN2O5.Na.H/c25-19-6-7-21(20(12-19)24(30)31)26-22(28)17-5-2-9-27(13-17)23(29)16-4-1-3-15(11-16)18-8-10-32-14-18;;/h1,3-4,6-8,10-12,14,17H,2,5,9,13H2,(H,26,28)(H,30,31);;. The number of halogens is 1. The third-order valence-corrected chi connectivity index (χ3v) is 5.75. The van der Waals surface area contributed by atoms with E-state index in [0.717, 1.165) is 11.1 Å². The first-order valence-electron chi connectivity index (χ1n) is 10.2. The quantitative estimate of drug-likeness (QED) is 0.539. The maximum atomic E-state index is 13.1. The Bertz CT molecular complexity index is 1170. The van der Waals surface area contributed by atoms with E-state index in [4.69, 9.17) is 16.0 Å². The van der Waals surface area contributed by atoms with Crippen LogP contribution in [0.3, 0.4) is 0 Å². The van der Waals surface area contributed by atoms with Crippen molar-refractivity contribution in [1.82, 2.24) is 4.90 Å². The van der Waals surface area contributed by atoms with Gasteiger partial charge in [-0.15, -0.1) is 0 Å². The number of hydrogen-bond donors (Lipinski definition) is 2. The molecule has 2 amide bonds. The van der Waals surface area contributed by atoms with Gasteiger partial charge in [0, 0.05) is 29.2 Å². The summed E-state index contributed by atoms with van der Waals surface area (Å²) < 4.78 is 5.12. The molecule has 33 heavy (non-hydrogen) atoms. The molecule has 1 atom stereocenters. The Morgan fingerprint density at radius 1 is 1.09 bits per heavy atom. The monoisotopic (exact) mass is 476 g/mol.